The van der Waals surface area contributed by atoms with Crippen molar-refractivity contribution in [3.63, 3.8) is 0 Å². The van der Waals surface area contributed by atoms with Gasteiger partial charge in [0.2, 0.25) is 5.91 Å². The van der Waals surface area contributed by atoms with E-state index in [2.05, 4.69) is 48.7 Å². The van der Waals surface area contributed by atoms with Crippen LogP contribution in [0.2, 0.25) is 0 Å². The molecule has 1 heterocycles. The Hall–Kier alpha value is -1.00. The quantitative estimate of drug-likeness (QED) is 0.845. The number of rotatable bonds is 6. The predicted octanol–water partition coefficient (Wildman–Crippen LogP) is 3.51. The summed E-state index contributed by atoms with van der Waals surface area (Å²) in [6.45, 7) is 6.23. The van der Waals surface area contributed by atoms with Gasteiger partial charge in [0.05, 0.1) is 5.25 Å². The SMILES string of the molecule is CCCNC(C)c1cccc(SC2CCCCNC2=O)c1. The number of hydrogen-bond donors (Lipinski definition) is 2. The fraction of sp³-hybridized carbons (Fsp3) is 0.588. The molecule has 0 bridgehead atoms. The van der Waals surface area contributed by atoms with Crippen molar-refractivity contribution in [2.75, 3.05) is 13.1 Å². The van der Waals surface area contributed by atoms with E-state index in [1.54, 1.807) is 11.8 Å². The summed E-state index contributed by atoms with van der Waals surface area (Å²) in [6, 6.07) is 8.93. The minimum absolute atomic E-state index is 0.0571. The van der Waals surface area contributed by atoms with Gasteiger partial charge >= 0.3 is 0 Å². The van der Waals surface area contributed by atoms with Gasteiger partial charge in [-0.25, -0.2) is 0 Å². The highest BCUT2D eigenvalue weighted by molar-refractivity contribution is 8.00. The van der Waals surface area contributed by atoms with E-state index in [9.17, 15) is 4.79 Å². The van der Waals surface area contributed by atoms with Crippen molar-refractivity contribution in [1.29, 1.82) is 0 Å². The standard InChI is InChI=1S/C17H26N2OS/c1-3-10-18-13(2)14-7-6-8-15(12-14)21-16-9-4-5-11-19-17(16)20/h6-8,12-13,16,18H,3-5,9-11H2,1-2H3,(H,19,20). The molecule has 116 valence electrons. The van der Waals surface area contributed by atoms with Gasteiger partial charge in [-0.1, -0.05) is 25.5 Å². The minimum atomic E-state index is 0.0571. The third-order valence-corrected chi connectivity index (χ3v) is 5.08. The van der Waals surface area contributed by atoms with Crippen LogP contribution < -0.4 is 10.6 Å². The number of carbonyl (C=O) groups is 1. The van der Waals surface area contributed by atoms with Gasteiger partial charge in [-0.3, -0.25) is 4.79 Å². The summed E-state index contributed by atoms with van der Waals surface area (Å²) in [6.07, 6.45) is 4.34. The smallest absolute Gasteiger partial charge is 0.233 e. The first-order chi connectivity index (χ1) is 10.2. The van der Waals surface area contributed by atoms with E-state index in [0.717, 1.165) is 38.8 Å². The summed E-state index contributed by atoms with van der Waals surface area (Å²) in [5, 5.41) is 6.57. The molecule has 4 heteroatoms. The Kier molecular flexibility index (Phi) is 6.58. The van der Waals surface area contributed by atoms with Crippen molar-refractivity contribution in [2.45, 2.75) is 55.7 Å². The van der Waals surface area contributed by atoms with E-state index in [0.29, 0.717) is 6.04 Å². The lowest BCUT2D eigenvalue weighted by molar-refractivity contribution is -0.120. The second-order valence-corrected chi connectivity index (χ2v) is 6.92. The van der Waals surface area contributed by atoms with E-state index < -0.39 is 0 Å². The molecular weight excluding hydrogens is 280 g/mol. The lowest BCUT2D eigenvalue weighted by Crippen LogP contribution is -2.30. The van der Waals surface area contributed by atoms with Gasteiger partial charge in [0.1, 0.15) is 0 Å². The summed E-state index contributed by atoms with van der Waals surface area (Å²) >= 11 is 1.70. The molecule has 0 radical (unpaired) electrons. The Labute approximate surface area is 132 Å². The number of benzene rings is 1. The molecule has 2 N–H and O–H groups in total. The van der Waals surface area contributed by atoms with Crippen molar-refractivity contribution in [3.05, 3.63) is 29.8 Å². The molecule has 1 aliphatic rings. The maximum Gasteiger partial charge on any atom is 0.233 e. The van der Waals surface area contributed by atoms with Crippen LogP contribution in [0.1, 0.15) is 51.1 Å². The van der Waals surface area contributed by atoms with Crippen LogP contribution in [0.15, 0.2) is 29.2 Å². The van der Waals surface area contributed by atoms with Crippen LogP contribution in [0.4, 0.5) is 0 Å². The minimum Gasteiger partial charge on any atom is -0.355 e. The van der Waals surface area contributed by atoms with Gasteiger partial charge in [0, 0.05) is 17.5 Å². The largest absolute Gasteiger partial charge is 0.355 e. The van der Waals surface area contributed by atoms with Crippen LogP contribution in [-0.2, 0) is 4.79 Å². The average molecular weight is 306 g/mol. The third kappa shape index (κ3) is 5.04. The number of amides is 1. The van der Waals surface area contributed by atoms with Gasteiger partial charge < -0.3 is 10.6 Å². The molecule has 1 amide bonds. The Balaban J connectivity index is 2.01. The maximum absolute atomic E-state index is 12.0. The average Bonchev–Trinajstić information content (AvgIpc) is 2.70. The topological polar surface area (TPSA) is 41.1 Å². The predicted molar refractivity (Wildman–Crippen MR) is 89.7 cm³/mol. The van der Waals surface area contributed by atoms with E-state index in [1.165, 1.54) is 10.5 Å². The van der Waals surface area contributed by atoms with Crippen LogP contribution >= 0.6 is 11.8 Å². The molecule has 2 unspecified atom stereocenters. The number of thioether (sulfide) groups is 1. The van der Waals surface area contributed by atoms with Crippen LogP contribution in [0.5, 0.6) is 0 Å². The monoisotopic (exact) mass is 306 g/mol. The van der Waals surface area contributed by atoms with E-state index in [1.807, 2.05) is 0 Å². The van der Waals surface area contributed by atoms with Crippen LogP contribution in [0.25, 0.3) is 0 Å². The molecule has 21 heavy (non-hydrogen) atoms. The highest BCUT2D eigenvalue weighted by atomic mass is 32.2. The Bertz CT molecular complexity index is 464. The van der Waals surface area contributed by atoms with Crippen molar-refractivity contribution < 1.29 is 4.79 Å². The van der Waals surface area contributed by atoms with E-state index in [-0.39, 0.29) is 11.2 Å². The molecule has 1 aliphatic heterocycles. The summed E-state index contributed by atoms with van der Waals surface area (Å²) in [7, 11) is 0. The molecule has 2 atom stereocenters. The van der Waals surface area contributed by atoms with Gasteiger partial charge in [-0.15, -0.1) is 11.8 Å². The third-order valence-electron chi connectivity index (χ3n) is 3.82. The molecule has 0 saturated carbocycles. The highest BCUT2D eigenvalue weighted by Gasteiger charge is 2.21. The Morgan fingerprint density at radius 3 is 3.10 bits per heavy atom. The molecule has 2 rings (SSSR count). The molecule has 3 nitrogen and oxygen atoms in total. The highest BCUT2D eigenvalue weighted by Crippen LogP contribution is 2.29. The van der Waals surface area contributed by atoms with Crippen molar-refractivity contribution in [3.8, 4) is 0 Å². The Morgan fingerprint density at radius 1 is 1.43 bits per heavy atom. The fourth-order valence-electron chi connectivity index (χ4n) is 2.52. The number of nitrogens with one attached hydrogen (secondary N) is 2. The van der Waals surface area contributed by atoms with Gasteiger partial charge in [-0.2, -0.15) is 0 Å². The van der Waals surface area contributed by atoms with Gasteiger partial charge in [-0.05, 0) is 50.4 Å². The molecule has 1 fully saturated rings. The maximum atomic E-state index is 12.0. The summed E-state index contributed by atoms with van der Waals surface area (Å²) < 4.78 is 0. The second kappa shape index (κ2) is 8.44. The van der Waals surface area contributed by atoms with E-state index >= 15 is 0 Å². The molecular formula is C17H26N2OS. The van der Waals surface area contributed by atoms with Crippen LogP contribution in [-0.4, -0.2) is 24.2 Å². The van der Waals surface area contributed by atoms with Gasteiger partial charge in [0.25, 0.3) is 0 Å². The van der Waals surface area contributed by atoms with Gasteiger partial charge in [0.15, 0.2) is 0 Å². The fourth-order valence-corrected chi connectivity index (χ4v) is 3.69. The van der Waals surface area contributed by atoms with Crippen molar-refractivity contribution in [1.82, 2.24) is 10.6 Å². The lowest BCUT2D eigenvalue weighted by Gasteiger charge is -2.16. The van der Waals surface area contributed by atoms with E-state index in [4.69, 9.17) is 0 Å². The number of carbonyl (C=O) groups excluding carboxylic acids is 1. The number of hydrogen-bond acceptors (Lipinski definition) is 3. The zero-order chi connectivity index (χ0) is 15.1. The molecule has 1 aromatic carbocycles. The first-order valence-electron chi connectivity index (χ1n) is 7.98. The normalized spacial score (nSPS) is 20.7. The van der Waals surface area contributed by atoms with Crippen LogP contribution in [0.3, 0.4) is 0 Å². The summed E-state index contributed by atoms with van der Waals surface area (Å²) in [4.78, 5) is 13.2. The second-order valence-electron chi connectivity index (χ2n) is 5.64. The molecule has 0 aromatic heterocycles. The summed E-state index contributed by atoms with van der Waals surface area (Å²) in [5.74, 6) is 0.194. The molecule has 1 saturated heterocycles. The lowest BCUT2D eigenvalue weighted by atomic mass is 10.1. The molecule has 0 aliphatic carbocycles. The molecule has 0 spiro atoms. The summed E-state index contributed by atoms with van der Waals surface area (Å²) in [5.41, 5.74) is 1.29. The Morgan fingerprint density at radius 2 is 2.29 bits per heavy atom. The molecule has 1 aromatic rings. The van der Waals surface area contributed by atoms with Crippen molar-refractivity contribution in [2.24, 2.45) is 0 Å². The van der Waals surface area contributed by atoms with Crippen molar-refractivity contribution >= 4 is 17.7 Å². The van der Waals surface area contributed by atoms with Crippen LogP contribution in [0, 0.1) is 0 Å². The zero-order valence-corrected chi connectivity index (χ0v) is 13.8. The zero-order valence-electron chi connectivity index (χ0n) is 13.0. The first kappa shape index (κ1) is 16.4. The first-order valence-corrected chi connectivity index (χ1v) is 8.86.